The number of nitrogens with zero attached hydrogens (tertiary/aromatic N) is 1. The maximum Gasteiger partial charge on any atom is 0.323 e. The molecule has 1 saturated heterocycles. The first kappa shape index (κ1) is 13.9. The molecule has 0 bridgehead atoms. The standard InChI is InChI=1S/C9H15NO3.C2H6/c1-2-3-7-4-8(11)10(5-7)6-9(12)13;1-2/h7H,2-6H2,1H3,(H,12,13);1-2H3/t7-;/m1./s1. The first-order valence-corrected chi connectivity index (χ1v) is 5.63. The maximum atomic E-state index is 11.3. The molecule has 0 aromatic heterocycles. The van der Waals surface area contributed by atoms with Crippen molar-refractivity contribution >= 4 is 11.9 Å². The molecule has 88 valence electrons. The first-order valence-electron chi connectivity index (χ1n) is 5.63. The van der Waals surface area contributed by atoms with Crippen LogP contribution in [0, 0.1) is 5.92 Å². The molecule has 4 nitrogen and oxygen atoms in total. The number of carboxylic acid groups (broad SMARTS) is 1. The molecule has 1 amide bonds. The predicted molar refractivity (Wildman–Crippen MR) is 58.6 cm³/mol. The van der Waals surface area contributed by atoms with Gasteiger partial charge in [-0.1, -0.05) is 27.2 Å². The molecule has 1 aliphatic rings. The lowest BCUT2D eigenvalue weighted by Gasteiger charge is -2.12. The van der Waals surface area contributed by atoms with Gasteiger partial charge in [-0.3, -0.25) is 9.59 Å². The average Bonchev–Trinajstić information content (AvgIpc) is 2.50. The Balaban J connectivity index is 0.000000921. The molecule has 1 heterocycles. The number of rotatable bonds is 4. The Kier molecular flexibility index (Phi) is 6.75. The van der Waals surface area contributed by atoms with Gasteiger partial charge in [0.15, 0.2) is 0 Å². The molecule has 0 aliphatic carbocycles. The molecule has 0 aromatic carbocycles. The fourth-order valence-electron chi connectivity index (χ4n) is 1.77. The lowest BCUT2D eigenvalue weighted by Crippen LogP contribution is -2.31. The Morgan fingerprint density at radius 1 is 1.53 bits per heavy atom. The quantitative estimate of drug-likeness (QED) is 0.777. The smallest absolute Gasteiger partial charge is 0.323 e. The normalized spacial score (nSPS) is 19.8. The molecule has 1 rings (SSSR count). The van der Waals surface area contributed by atoms with E-state index in [2.05, 4.69) is 6.92 Å². The summed E-state index contributed by atoms with van der Waals surface area (Å²) in [6, 6.07) is 0. The summed E-state index contributed by atoms with van der Waals surface area (Å²) in [5, 5.41) is 8.51. The van der Waals surface area contributed by atoms with E-state index in [-0.39, 0.29) is 12.5 Å². The molecule has 0 saturated carbocycles. The van der Waals surface area contributed by atoms with E-state index in [0.717, 1.165) is 12.8 Å². The monoisotopic (exact) mass is 215 g/mol. The van der Waals surface area contributed by atoms with Crippen LogP contribution in [0.2, 0.25) is 0 Å². The van der Waals surface area contributed by atoms with Crippen LogP contribution in [0.5, 0.6) is 0 Å². The van der Waals surface area contributed by atoms with E-state index in [9.17, 15) is 9.59 Å². The van der Waals surface area contributed by atoms with Gasteiger partial charge in [0, 0.05) is 13.0 Å². The van der Waals surface area contributed by atoms with E-state index in [0.29, 0.717) is 18.9 Å². The highest BCUT2D eigenvalue weighted by Crippen LogP contribution is 2.21. The van der Waals surface area contributed by atoms with Crippen LogP contribution in [0.15, 0.2) is 0 Å². The fraction of sp³-hybridized carbons (Fsp3) is 0.818. The topological polar surface area (TPSA) is 57.6 Å². The van der Waals surface area contributed by atoms with Gasteiger partial charge in [0.05, 0.1) is 0 Å². The lowest BCUT2D eigenvalue weighted by atomic mass is 10.0. The largest absolute Gasteiger partial charge is 0.480 e. The minimum absolute atomic E-state index is 0.0131. The summed E-state index contributed by atoms with van der Waals surface area (Å²) in [7, 11) is 0. The van der Waals surface area contributed by atoms with Crippen LogP contribution in [-0.2, 0) is 9.59 Å². The van der Waals surface area contributed by atoms with Gasteiger partial charge in [-0.05, 0) is 12.3 Å². The SMILES string of the molecule is CC.CCC[C@@H]1CC(=O)N(CC(=O)O)C1. The van der Waals surface area contributed by atoms with Gasteiger partial charge in [-0.15, -0.1) is 0 Å². The van der Waals surface area contributed by atoms with Crippen molar-refractivity contribution < 1.29 is 14.7 Å². The zero-order valence-electron chi connectivity index (χ0n) is 9.82. The summed E-state index contributed by atoms with van der Waals surface area (Å²) >= 11 is 0. The Hall–Kier alpha value is -1.06. The summed E-state index contributed by atoms with van der Waals surface area (Å²) in [5.41, 5.74) is 0. The van der Waals surface area contributed by atoms with Crippen molar-refractivity contribution in [1.82, 2.24) is 4.90 Å². The van der Waals surface area contributed by atoms with Crippen molar-refractivity contribution in [2.45, 2.75) is 40.0 Å². The minimum Gasteiger partial charge on any atom is -0.480 e. The number of carboxylic acids is 1. The highest BCUT2D eigenvalue weighted by molar-refractivity contribution is 5.83. The third-order valence-electron chi connectivity index (χ3n) is 2.32. The van der Waals surface area contributed by atoms with Crippen LogP contribution in [0.25, 0.3) is 0 Å². The van der Waals surface area contributed by atoms with E-state index < -0.39 is 5.97 Å². The molecule has 1 aliphatic heterocycles. The molecule has 0 spiro atoms. The van der Waals surface area contributed by atoms with E-state index in [1.54, 1.807) is 0 Å². The minimum atomic E-state index is -0.925. The molecular formula is C11H21NO3. The number of amides is 1. The van der Waals surface area contributed by atoms with Gasteiger partial charge in [0.2, 0.25) is 5.91 Å². The highest BCUT2D eigenvalue weighted by Gasteiger charge is 2.29. The number of hydrogen-bond donors (Lipinski definition) is 1. The number of carbonyl (C=O) groups is 2. The maximum absolute atomic E-state index is 11.3. The molecular weight excluding hydrogens is 194 g/mol. The number of hydrogen-bond acceptors (Lipinski definition) is 2. The zero-order valence-corrected chi connectivity index (χ0v) is 9.82. The highest BCUT2D eigenvalue weighted by atomic mass is 16.4. The molecule has 0 radical (unpaired) electrons. The molecule has 1 atom stereocenters. The summed E-state index contributed by atoms with van der Waals surface area (Å²) in [4.78, 5) is 23.1. The van der Waals surface area contributed by atoms with Crippen LogP contribution in [0.4, 0.5) is 0 Å². The van der Waals surface area contributed by atoms with Crippen LogP contribution in [-0.4, -0.2) is 35.0 Å². The van der Waals surface area contributed by atoms with Crippen LogP contribution >= 0.6 is 0 Å². The van der Waals surface area contributed by atoms with Crippen molar-refractivity contribution in [2.24, 2.45) is 5.92 Å². The van der Waals surface area contributed by atoms with Crippen LogP contribution in [0.3, 0.4) is 0 Å². The van der Waals surface area contributed by atoms with Crippen molar-refractivity contribution in [1.29, 1.82) is 0 Å². The van der Waals surface area contributed by atoms with E-state index >= 15 is 0 Å². The molecule has 0 aromatic rings. The molecule has 15 heavy (non-hydrogen) atoms. The third kappa shape index (κ3) is 4.81. The number of likely N-dealkylation sites (tertiary alicyclic amines) is 1. The van der Waals surface area contributed by atoms with Gasteiger partial charge in [0.25, 0.3) is 0 Å². The van der Waals surface area contributed by atoms with Gasteiger partial charge in [-0.25, -0.2) is 0 Å². The van der Waals surface area contributed by atoms with Crippen molar-refractivity contribution in [3.8, 4) is 0 Å². The second-order valence-electron chi connectivity index (χ2n) is 3.53. The van der Waals surface area contributed by atoms with Crippen molar-refractivity contribution in [3.05, 3.63) is 0 Å². The summed E-state index contributed by atoms with van der Waals surface area (Å²) in [6.07, 6.45) is 2.60. The number of aliphatic carboxylic acids is 1. The Morgan fingerprint density at radius 3 is 2.60 bits per heavy atom. The van der Waals surface area contributed by atoms with E-state index in [4.69, 9.17) is 5.11 Å². The van der Waals surface area contributed by atoms with E-state index in [1.165, 1.54) is 4.90 Å². The van der Waals surface area contributed by atoms with Gasteiger partial charge < -0.3 is 10.0 Å². The first-order chi connectivity index (χ1) is 7.13. The average molecular weight is 215 g/mol. The Labute approximate surface area is 91.3 Å². The second kappa shape index (κ2) is 7.26. The third-order valence-corrected chi connectivity index (χ3v) is 2.32. The number of carbonyl (C=O) groups excluding carboxylic acids is 1. The van der Waals surface area contributed by atoms with Gasteiger partial charge in [0.1, 0.15) is 6.54 Å². The molecule has 4 heteroatoms. The zero-order chi connectivity index (χ0) is 11.8. The van der Waals surface area contributed by atoms with Crippen LogP contribution < -0.4 is 0 Å². The predicted octanol–water partition coefficient (Wildman–Crippen LogP) is 1.75. The van der Waals surface area contributed by atoms with Gasteiger partial charge >= 0.3 is 5.97 Å². The summed E-state index contributed by atoms with van der Waals surface area (Å²) < 4.78 is 0. The van der Waals surface area contributed by atoms with Crippen LogP contribution in [0.1, 0.15) is 40.0 Å². The lowest BCUT2D eigenvalue weighted by molar-refractivity contribution is -0.142. The second-order valence-corrected chi connectivity index (χ2v) is 3.53. The molecule has 1 fully saturated rings. The fourth-order valence-corrected chi connectivity index (χ4v) is 1.77. The molecule has 0 unspecified atom stereocenters. The summed E-state index contributed by atoms with van der Waals surface area (Å²) in [5.74, 6) is -0.566. The Morgan fingerprint density at radius 2 is 2.13 bits per heavy atom. The Bertz CT molecular complexity index is 216. The summed E-state index contributed by atoms with van der Waals surface area (Å²) in [6.45, 7) is 6.56. The van der Waals surface area contributed by atoms with Gasteiger partial charge in [-0.2, -0.15) is 0 Å². The molecule has 1 N–H and O–H groups in total. The van der Waals surface area contributed by atoms with Crippen molar-refractivity contribution in [3.63, 3.8) is 0 Å². The van der Waals surface area contributed by atoms with E-state index in [1.807, 2.05) is 13.8 Å². The van der Waals surface area contributed by atoms with Crippen molar-refractivity contribution in [2.75, 3.05) is 13.1 Å².